The number of hydrogen-bond donors (Lipinski definition) is 0. The van der Waals surface area contributed by atoms with E-state index in [0.29, 0.717) is 41.5 Å². The van der Waals surface area contributed by atoms with Crippen LogP contribution in [0.3, 0.4) is 0 Å². The lowest BCUT2D eigenvalue weighted by molar-refractivity contribution is -0.254. The molecular weight excluding hydrogens is 657 g/mol. The number of alkyl halides is 6. The van der Waals surface area contributed by atoms with E-state index in [9.17, 15) is 0 Å². The Morgan fingerprint density at radius 3 is 1.48 bits per heavy atom. The van der Waals surface area contributed by atoms with Gasteiger partial charge >= 0.3 is 17.8 Å². The molecule has 42 heavy (non-hydrogen) atoms. The highest BCUT2D eigenvalue weighted by molar-refractivity contribution is 7.19. The molecule has 0 N–H and O–H groups in total. The number of hydrogen-bond acceptors (Lipinski definition) is 2. The molecule has 3 aromatic carbocycles. The summed E-state index contributed by atoms with van der Waals surface area (Å²) < 4.78 is 93.0. The molecule has 1 aliphatic rings. The normalized spacial score (nSPS) is 17.2. The summed E-state index contributed by atoms with van der Waals surface area (Å²) in [6, 6.07) is 21.4. The van der Waals surface area contributed by atoms with Gasteiger partial charge in [0.15, 0.2) is 0 Å². The monoisotopic (exact) mass is 670 g/mol. The predicted molar refractivity (Wildman–Crippen MR) is 162 cm³/mol. The Labute approximate surface area is 259 Å². The van der Waals surface area contributed by atoms with Crippen LogP contribution in [0.5, 0.6) is 0 Å². The van der Waals surface area contributed by atoms with E-state index in [1.807, 2.05) is 0 Å². The van der Waals surface area contributed by atoms with Crippen LogP contribution in [0.4, 0.5) is 26.3 Å². The van der Waals surface area contributed by atoms with Crippen molar-refractivity contribution in [1.82, 2.24) is 0 Å². The third-order valence-electron chi connectivity index (χ3n) is 6.92. The lowest BCUT2D eigenvalue weighted by Crippen LogP contribution is -2.48. The first kappa shape index (κ1) is 29.3. The fraction of sp³-hybridized carbons (Fsp3) is 0.0968. The molecule has 0 nitrogen and oxygen atoms in total. The SMILES string of the molecule is FC1(F)C(c2csc(-c3ccc(Cl)cc3)c2)=C(c2cc(-c3ccc(Cl)cc3)sc2-c2ccc(Cl)cc2)C(F)(F)C1(F)F. The van der Waals surface area contributed by atoms with E-state index in [2.05, 4.69) is 0 Å². The van der Waals surface area contributed by atoms with E-state index in [1.54, 1.807) is 48.5 Å². The minimum Gasteiger partial charge on any atom is -0.194 e. The molecule has 0 saturated carbocycles. The molecule has 2 heterocycles. The Morgan fingerprint density at radius 2 is 0.952 bits per heavy atom. The van der Waals surface area contributed by atoms with Gasteiger partial charge in [0.1, 0.15) is 0 Å². The van der Waals surface area contributed by atoms with Crippen LogP contribution in [-0.2, 0) is 0 Å². The van der Waals surface area contributed by atoms with Crippen molar-refractivity contribution >= 4 is 68.6 Å². The maximum Gasteiger partial charge on any atom is 0.380 e. The van der Waals surface area contributed by atoms with E-state index in [-0.39, 0.29) is 4.88 Å². The van der Waals surface area contributed by atoms with Gasteiger partial charge in [0.2, 0.25) is 0 Å². The average Bonchev–Trinajstić information content (AvgIpc) is 3.62. The molecule has 5 aromatic rings. The first-order valence-corrected chi connectivity index (χ1v) is 15.0. The zero-order valence-electron chi connectivity index (χ0n) is 20.9. The number of rotatable bonds is 5. The highest BCUT2D eigenvalue weighted by Gasteiger charge is 2.80. The van der Waals surface area contributed by atoms with Gasteiger partial charge in [-0.2, -0.15) is 26.3 Å². The third-order valence-corrected chi connectivity index (χ3v) is 9.89. The van der Waals surface area contributed by atoms with E-state index in [4.69, 9.17) is 34.8 Å². The van der Waals surface area contributed by atoms with Gasteiger partial charge in [-0.05, 0) is 76.2 Å². The van der Waals surface area contributed by atoms with Gasteiger partial charge < -0.3 is 0 Å². The van der Waals surface area contributed by atoms with Crippen LogP contribution in [0.15, 0.2) is 90.3 Å². The molecule has 6 rings (SSSR count). The lowest BCUT2D eigenvalue weighted by atomic mass is 9.94. The summed E-state index contributed by atoms with van der Waals surface area (Å²) >= 11 is 20.0. The van der Waals surface area contributed by atoms with Gasteiger partial charge in [0.05, 0.1) is 0 Å². The van der Waals surface area contributed by atoms with E-state index in [1.165, 1.54) is 41.8 Å². The molecule has 0 aliphatic heterocycles. The summed E-state index contributed by atoms with van der Waals surface area (Å²) in [6.07, 6.45) is 0. The van der Waals surface area contributed by atoms with Crippen molar-refractivity contribution < 1.29 is 26.3 Å². The third kappa shape index (κ3) is 4.68. The van der Waals surface area contributed by atoms with Crippen LogP contribution in [0.1, 0.15) is 11.1 Å². The quantitative estimate of drug-likeness (QED) is 0.163. The molecule has 0 bridgehead atoms. The van der Waals surface area contributed by atoms with Crippen molar-refractivity contribution in [3.05, 3.63) is 117 Å². The second-order valence-electron chi connectivity index (χ2n) is 9.55. The van der Waals surface area contributed by atoms with Crippen molar-refractivity contribution in [2.45, 2.75) is 17.8 Å². The molecule has 0 spiro atoms. The van der Waals surface area contributed by atoms with Gasteiger partial charge in [0, 0.05) is 46.4 Å². The minimum atomic E-state index is -5.69. The molecular formula is C31H15Cl3F6S2. The molecule has 2 aromatic heterocycles. The van der Waals surface area contributed by atoms with Gasteiger partial charge in [-0.3, -0.25) is 0 Å². The highest BCUT2D eigenvalue weighted by Crippen LogP contribution is 2.66. The van der Waals surface area contributed by atoms with Gasteiger partial charge in [-0.15, -0.1) is 22.7 Å². The van der Waals surface area contributed by atoms with Crippen LogP contribution in [0.2, 0.25) is 15.1 Å². The van der Waals surface area contributed by atoms with Crippen molar-refractivity contribution in [1.29, 1.82) is 0 Å². The molecule has 0 amide bonds. The fourth-order valence-corrected chi connectivity index (χ4v) is 7.30. The fourth-order valence-electron chi connectivity index (χ4n) is 4.84. The number of halogens is 9. The van der Waals surface area contributed by atoms with Gasteiger partial charge in [0.25, 0.3) is 0 Å². The van der Waals surface area contributed by atoms with Gasteiger partial charge in [-0.25, -0.2) is 0 Å². The Morgan fingerprint density at radius 1 is 0.500 bits per heavy atom. The zero-order chi connectivity index (χ0) is 30.0. The molecule has 0 fully saturated rings. The summed E-state index contributed by atoms with van der Waals surface area (Å²) in [5.41, 5.74) is -2.18. The largest absolute Gasteiger partial charge is 0.380 e. The van der Waals surface area contributed by atoms with Crippen LogP contribution < -0.4 is 0 Å². The van der Waals surface area contributed by atoms with Crippen LogP contribution in [0.25, 0.3) is 42.5 Å². The second-order valence-corrected chi connectivity index (χ2v) is 12.8. The van der Waals surface area contributed by atoms with Gasteiger partial charge in [-0.1, -0.05) is 71.2 Å². The number of benzene rings is 3. The molecule has 0 atom stereocenters. The first-order valence-electron chi connectivity index (χ1n) is 12.2. The number of thiophene rings is 2. The zero-order valence-corrected chi connectivity index (χ0v) is 24.8. The number of allylic oxidation sites excluding steroid dienone is 2. The Kier molecular flexibility index (Phi) is 7.30. The molecule has 0 saturated heterocycles. The standard InChI is InChI=1S/C31H15Cl3F6S2/c32-20-7-1-16(2-8-20)24-13-19(15-41-24)26-27(30(37,38)31(39,40)29(26,35)36)23-14-25(17-3-9-21(33)10-4-17)42-28(23)18-5-11-22(34)12-6-18/h1-15H. The van der Waals surface area contributed by atoms with Crippen molar-refractivity contribution in [2.24, 2.45) is 0 Å². The van der Waals surface area contributed by atoms with Crippen LogP contribution in [-0.4, -0.2) is 17.8 Å². The molecule has 1 aliphatic carbocycles. The van der Waals surface area contributed by atoms with E-state index < -0.39 is 40.0 Å². The molecule has 11 heteroatoms. The maximum atomic E-state index is 15.8. The van der Waals surface area contributed by atoms with Crippen LogP contribution >= 0.6 is 57.5 Å². The summed E-state index contributed by atoms with van der Waals surface area (Å²) in [4.78, 5) is 0.943. The average molecular weight is 672 g/mol. The van der Waals surface area contributed by atoms with Crippen molar-refractivity contribution in [2.75, 3.05) is 0 Å². The highest BCUT2D eigenvalue weighted by atomic mass is 35.5. The topological polar surface area (TPSA) is 0 Å². The van der Waals surface area contributed by atoms with Crippen molar-refractivity contribution in [3.63, 3.8) is 0 Å². The summed E-state index contributed by atoms with van der Waals surface area (Å²) in [5.74, 6) is -16.1. The second kappa shape index (κ2) is 10.5. The minimum absolute atomic E-state index is 0.116. The van der Waals surface area contributed by atoms with E-state index in [0.717, 1.165) is 22.7 Å². The Bertz CT molecular complexity index is 1820. The summed E-state index contributed by atoms with van der Waals surface area (Å²) in [7, 11) is 0. The smallest absolute Gasteiger partial charge is 0.194 e. The summed E-state index contributed by atoms with van der Waals surface area (Å²) in [6.45, 7) is 0. The van der Waals surface area contributed by atoms with Crippen LogP contribution in [0, 0.1) is 0 Å². The molecule has 0 unspecified atom stereocenters. The molecule has 0 radical (unpaired) electrons. The Hall–Kier alpha value is -2.75. The lowest BCUT2D eigenvalue weighted by Gasteiger charge is -2.25. The molecule has 214 valence electrons. The summed E-state index contributed by atoms with van der Waals surface area (Å²) in [5, 5.41) is 2.41. The first-order chi connectivity index (χ1) is 19.8. The van der Waals surface area contributed by atoms with E-state index >= 15 is 26.3 Å². The Balaban J connectivity index is 1.63. The predicted octanol–water partition coefficient (Wildman–Crippen LogP) is 12.6. The van der Waals surface area contributed by atoms with Crippen molar-refractivity contribution in [3.8, 4) is 31.3 Å². The maximum absolute atomic E-state index is 15.8.